The maximum Gasteiger partial charge on any atom is 0.266 e. The average molecular weight is 274 g/mol. The molecule has 1 saturated carbocycles. The Morgan fingerprint density at radius 1 is 1.30 bits per heavy atom. The van der Waals surface area contributed by atoms with Crippen molar-refractivity contribution in [3.8, 4) is 5.75 Å². The maximum absolute atomic E-state index is 12.0. The number of amides is 2. The fourth-order valence-corrected chi connectivity index (χ4v) is 2.75. The highest BCUT2D eigenvalue weighted by atomic mass is 16.5. The molecule has 2 aliphatic rings. The molecule has 1 fully saturated rings. The Labute approximate surface area is 117 Å². The van der Waals surface area contributed by atoms with Gasteiger partial charge >= 0.3 is 0 Å². The number of rotatable bonds is 3. The molecule has 20 heavy (non-hydrogen) atoms. The van der Waals surface area contributed by atoms with Crippen LogP contribution < -0.4 is 15.4 Å². The van der Waals surface area contributed by atoms with E-state index in [2.05, 4.69) is 10.6 Å². The van der Waals surface area contributed by atoms with E-state index in [0.717, 1.165) is 12.8 Å². The van der Waals surface area contributed by atoms with E-state index in [1.165, 1.54) is 12.8 Å². The molecule has 0 radical (unpaired) electrons. The zero-order chi connectivity index (χ0) is 13.9. The maximum atomic E-state index is 12.0. The molecule has 106 valence electrons. The van der Waals surface area contributed by atoms with E-state index in [4.69, 9.17) is 4.74 Å². The first-order valence-electron chi connectivity index (χ1n) is 7.08. The van der Waals surface area contributed by atoms with E-state index < -0.39 is 6.10 Å². The van der Waals surface area contributed by atoms with Gasteiger partial charge in [-0.2, -0.15) is 0 Å². The number of para-hydroxylation sites is 2. The summed E-state index contributed by atoms with van der Waals surface area (Å²) in [6, 6.07) is 7.50. The molecule has 2 N–H and O–H groups in total. The highest BCUT2D eigenvalue weighted by Crippen LogP contribution is 2.29. The lowest BCUT2D eigenvalue weighted by Crippen LogP contribution is -2.42. The van der Waals surface area contributed by atoms with Crippen molar-refractivity contribution in [3.05, 3.63) is 24.3 Å². The Balaban J connectivity index is 1.60. The molecule has 0 saturated heterocycles. The van der Waals surface area contributed by atoms with E-state index >= 15 is 0 Å². The van der Waals surface area contributed by atoms with Crippen molar-refractivity contribution in [1.29, 1.82) is 0 Å². The monoisotopic (exact) mass is 274 g/mol. The van der Waals surface area contributed by atoms with Crippen molar-refractivity contribution in [2.24, 2.45) is 0 Å². The van der Waals surface area contributed by atoms with Crippen molar-refractivity contribution in [3.63, 3.8) is 0 Å². The van der Waals surface area contributed by atoms with Gasteiger partial charge in [-0.3, -0.25) is 9.59 Å². The zero-order valence-corrected chi connectivity index (χ0v) is 11.2. The van der Waals surface area contributed by atoms with E-state index in [0.29, 0.717) is 11.4 Å². The molecular formula is C15H18N2O3. The standard InChI is InChI=1S/C15H18N2O3/c18-14(16-10-5-1-2-6-10)9-13-15(19)17-11-7-3-4-8-12(11)20-13/h3-4,7-8,10,13H,1-2,5-6,9H2,(H,16,18)(H,17,19)/t13-/m0/s1. The number of carbonyl (C=O) groups is 2. The smallest absolute Gasteiger partial charge is 0.266 e. The number of hydrogen-bond donors (Lipinski definition) is 2. The van der Waals surface area contributed by atoms with Gasteiger partial charge in [0.05, 0.1) is 12.1 Å². The lowest BCUT2D eigenvalue weighted by Gasteiger charge is -2.25. The first-order valence-corrected chi connectivity index (χ1v) is 7.08. The van der Waals surface area contributed by atoms with Gasteiger partial charge in [-0.05, 0) is 25.0 Å². The summed E-state index contributed by atoms with van der Waals surface area (Å²) >= 11 is 0. The van der Waals surface area contributed by atoms with Crippen LogP contribution in [0.5, 0.6) is 5.75 Å². The number of nitrogens with one attached hydrogen (secondary N) is 2. The third-order valence-corrected chi connectivity index (χ3v) is 3.80. The van der Waals surface area contributed by atoms with Crippen molar-refractivity contribution >= 4 is 17.5 Å². The van der Waals surface area contributed by atoms with E-state index in [1.54, 1.807) is 12.1 Å². The number of fused-ring (bicyclic) bond motifs is 1. The predicted molar refractivity (Wildman–Crippen MR) is 74.5 cm³/mol. The summed E-state index contributed by atoms with van der Waals surface area (Å²) in [5.41, 5.74) is 0.657. The van der Waals surface area contributed by atoms with Crippen LogP contribution in [0.1, 0.15) is 32.1 Å². The number of hydrogen-bond acceptors (Lipinski definition) is 3. The summed E-state index contributed by atoms with van der Waals surface area (Å²) in [5, 5.41) is 5.74. The molecule has 1 heterocycles. The highest BCUT2D eigenvalue weighted by Gasteiger charge is 2.30. The second kappa shape index (κ2) is 5.53. The van der Waals surface area contributed by atoms with Gasteiger partial charge in [0.15, 0.2) is 6.10 Å². The van der Waals surface area contributed by atoms with Gasteiger partial charge in [0.2, 0.25) is 5.91 Å². The van der Waals surface area contributed by atoms with E-state index in [9.17, 15) is 9.59 Å². The van der Waals surface area contributed by atoms with Gasteiger partial charge < -0.3 is 15.4 Å². The summed E-state index contributed by atoms with van der Waals surface area (Å²) < 4.78 is 5.61. The Bertz CT molecular complexity index is 524. The Morgan fingerprint density at radius 2 is 2.05 bits per heavy atom. The van der Waals surface area contributed by atoms with Crippen molar-refractivity contribution < 1.29 is 14.3 Å². The highest BCUT2D eigenvalue weighted by molar-refractivity contribution is 5.99. The minimum absolute atomic E-state index is 0.0661. The van der Waals surface area contributed by atoms with Gasteiger partial charge in [-0.15, -0.1) is 0 Å². The lowest BCUT2D eigenvalue weighted by atomic mass is 10.1. The van der Waals surface area contributed by atoms with Gasteiger partial charge in [0.25, 0.3) is 5.91 Å². The number of benzene rings is 1. The van der Waals surface area contributed by atoms with Gasteiger partial charge in [0, 0.05) is 6.04 Å². The van der Waals surface area contributed by atoms with Crippen LogP contribution in [0.3, 0.4) is 0 Å². The lowest BCUT2D eigenvalue weighted by molar-refractivity contribution is -0.130. The molecule has 1 aromatic rings. The largest absolute Gasteiger partial charge is 0.478 e. The second-order valence-electron chi connectivity index (χ2n) is 5.34. The van der Waals surface area contributed by atoms with E-state index in [-0.39, 0.29) is 24.3 Å². The molecule has 0 aromatic heterocycles. The van der Waals surface area contributed by atoms with Crippen LogP contribution in [-0.4, -0.2) is 24.0 Å². The van der Waals surface area contributed by atoms with Gasteiger partial charge in [-0.1, -0.05) is 25.0 Å². The minimum atomic E-state index is -0.744. The molecule has 1 aromatic carbocycles. The van der Waals surface area contributed by atoms with Crippen molar-refractivity contribution in [2.45, 2.75) is 44.2 Å². The summed E-state index contributed by atoms with van der Waals surface area (Å²) in [4.78, 5) is 23.9. The molecule has 3 rings (SSSR count). The summed E-state index contributed by atoms with van der Waals surface area (Å²) in [6.45, 7) is 0. The van der Waals surface area contributed by atoms with Crippen LogP contribution in [0.15, 0.2) is 24.3 Å². The van der Waals surface area contributed by atoms with Crippen molar-refractivity contribution in [1.82, 2.24) is 5.32 Å². The van der Waals surface area contributed by atoms with Crippen LogP contribution >= 0.6 is 0 Å². The van der Waals surface area contributed by atoms with Crippen LogP contribution in [0.4, 0.5) is 5.69 Å². The molecule has 5 nitrogen and oxygen atoms in total. The second-order valence-corrected chi connectivity index (χ2v) is 5.34. The van der Waals surface area contributed by atoms with Crippen molar-refractivity contribution in [2.75, 3.05) is 5.32 Å². The van der Waals surface area contributed by atoms with Crippen LogP contribution in [0.2, 0.25) is 0 Å². The number of carbonyl (C=O) groups excluding carboxylic acids is 2. The molecule has 0 bridgehead atoms. The third kappa shape index (κ3) is 2.76. The fourth-order valence-electron chi connectivity index (χ4n) is 2.75. The molecule has 1 aliphatic carbocycles. The van der Waals surface area contributed by atoms with E-state index in [1.807, 2.05) is 12.1 Å². The van der Waals surface area contributed by atoms with Crippen LogP contribution in [0, 0.1) is 0 Å². The number of ether oxygens (including phenoxy) is 1. The average Bonchev–Trinajstić information content (AvgIpc) is 2.92. The first-order chi connectivity index (χ1) is 9.72. The summed E-state index contributed by atoms with van der Waals surface area (Å²) in [5.74, 6) is 0.243. The summed E-state index contributed by atoms with van der Waals surface area (Å²) in [6.07, 6.45) is 3.72. The predicted octanol–water partition coefficient (Wildman–Crippen LogP) is 1.83. The quantitative estimate of drug-likeness (QED) is 0.883. The Kier molecular flexibility index (Phi) is 3.58. The van der Waals surface area contributed by atoms with Crippen LogP contribution in [-0.2, 0) is 9.59 Å². The molecular weight excluding hydrogens is 256 g/mol. The zero-order valence-electron chi connectivity index (χ0n) is 11.2. The Hall–Kier alpha value is -2.04. The molecule has 0 spiro atoms. The SMILES string of the molecule is O=C(C[C@@H]1Oc2ccccc2NC1=O)NC1CCCC1. The van der Waals surface area contributed by atoms with Gasteiger partial charge in [-0.25, -0.2) is 0 Å². The molecule has 1 aliphatic heterocycles. The molecule has 2 amide bonds. The Morgan fingerprint density at radius 3 is 2.85 bits per heavy atom. The number of anilines is 1. The summed E-state index contributed by atoms with van der Waals surface area (Å²) in [7, 11) is 0. The minimum Gasteiger partial charge on any atom is -0.478 e. The van der Waals surface area contributed by atoms with Crippen LogP contribution in [0.25, 0.3) is 0 Å². The molecule has 5 heteroatoms. The normalized spacial score (nSPS) is 21.8. The topological polar surface area (TPSA) is 67.4 Å². The first kappa shape index (κ1) is 13.0. The third-order valence-electron chi connectivity index (χ3n) is 3.80. The fraction of sp³-hybridized carbons (Fsp3) is 0.467. The molecule has 1 atom stereocenters. The van der Waals surface area contributed by atoms with Gasteiger partial charge in [0.1, 0.15) is 5.75 Å². The molecule has 0 unspecified atom stereocenters.